The normalized spacial score (nSPS) is 17.8. The van der Waals surface area contributed by atoms with Crippen molar-refractivity contribution >= 4 is 0 Å². The molecular formula is C16H22F3N. The van der Waals surface area contributed by atoms with Crippen LogP contribution in [0.2, 0.25) is 0 Å². The van der Waals surface area contributed by atoms with Crippen molar-refractivity contribution in [3.8, 4) is 0 Å². The van der Waals surface area contributed by atoms with E-state index in [-0.39, 0.29) is 6.04 Å². The summed E-state index contributed by atoms with van der Waals surface area (Å²) in [4.78, 5) is 0. The highest BCUT2D eigenvalue weighted by atomic mass is 19.4. The van der Waals surface area contributed by atoms with Crippen LogP contribution in [0.5, 0.6) is 0 Å². The number of halogens is 3. The molecule has 112 valence electrons. The molecule has 1 unspecified atom stereocenters. The van der Waals surface area contributed by atoms with Crippen molar-refractivity contribution in [2.24, 2.45) is 5.92 Å². The molecular weight excluding hydrogens is 263 g/mol. The quantitative estimate of drug-likeness (QED) is 0.781. The van der Waals surface area contributed by atoms with Gasteiger partial charge in [0.25, 0.3) is 0 Å². The first-order valence-corrected chi connectivity index (χ1v) is 7.41. The van der Waals surface area contributed by atoms with Crippen LogP contribution >= 0.6 is 0 Å². The predicted octanol–water partition coefficient (Wildman–Crippen LogP) is 4.94. The lowest BCUT2D eigenvalue weighted by atomic mass is 9.79. The van der Waals surface area contributed by atoms with Gasteiger partial charge in [-0.3, -0.25) is 0 Å². The number of nitrogens with one attached hydrogen (secondary N) is 1. The van der Waals surface area contributed by atoms with Crippen molar-refractivity contribution in [3.63, 3.8) is 0 Å². The lowest BCUT2D eigenvalue weighted by Crippen LogP contribution is -2.27. The first-order chi connectivity index (χ1) is 9.50. The van der Waals surface area contributed by atoms with Crippen molar-refractivity contribution < 1.29 is 13.2 Å². The van der Waals surface area contributed by atoms with Gasteiger partial charge in [-0.1, -0.05) is 38.3 Å². The van der Waals surface area contributed by atoms with E-state index in [2.05, 4.69) is 12.2 Å². The van der Waals surface area contributed by atoms with Crippen LogP contribution in [0.4, 0.5) is 13.2 Å². The number of alkyl halides is 3. The fourth-order valence-corrected chi connectivity index (χ4v) is 2.65. The van der Waals surface area contributed by atoms with Crippen LogP contribution in [-0.2, 0) is 6.18 Å². The van der Waals surface area contributed by atoms with E-state index >= 15 is 0 Å². The van der Waals surface area contributed by atoms with Gasteiger partial charge in [0.05, 0.1) is 5.56 Å². The average molecular weight is 285 g/mol. The third kappa shape index (κ3) is 3.98. The Morgan fingerprint density at radius 1 is 1.30 bits per heavy atom. The van der Waals surface area contributed by atoms with Crippen LogP contribution in [0.1, 0.15) is 56.2 Å². The summed E-state index contributed by atoms with van der Waals surface area (Å²) in [7, 11) is 0. The molecule has 0 saturated heterocycles. The van der Waals surface area contributed by atoms with Crippen LogP contribution in [-0.4, -0.2) is 6.54 Å². The molecule has 0 aromatic heterocycles. The molecule has 1 N–H and O–H groups in total. The number of hydrogen-bond donors (Lipinski definition) is 1. The molecule has 1 aromatic rings. The van der Waals surface area contributed by atoms with E-state index in [0.29, 0.717) is 5.92 Å². The minimum atomic E-state index is -4.26. The largest absolute Gasteiger partial charge is 0.416 e. The molecule has 1 aromatic carbocycles. The summed E-state index contributed by atoms with van der Waals surface area (Å²) in [6, 6.07) is 5.80. The molecule has 0 bridgehead atoms. The van der Waals surface area contributed by atoms with E-state index in [9.17, 15) is 13.2 Å². The molecule has 0 aliphatic heterocycles. The van der Waals surface area contributed by atoms with Gasteiger partial charge in [-0.15, -0.1) is 0 Å². The van der Waals surface area contributed by atoms with Crippen molar-refractivity contribution in [1.82, 2.24) is 5.32 Å². The molecule has 4 heteroatoms. The molecule has 1 atom stereocenters. The number of rotatable bonds is 6. The molecule has 1 aliphatic carbocycles. The van der Waals surface area contributed by atoms with Crippen LogP contribution in [0, 0.1) is 5.92 Å². The first kappa shape index (κ1) is 15.4. The van der Waals surface area contributed by atoms with Crippen LogP contribution in [0.3, 0.4) is 0 Å². The van der Waals surface area contributed by atoms with E-state index in [1.54, 1.807) is 6.07 Å². The Hall–Kier alpha value is -1.03. The highest BCUT2D eigenvalue weighted by molar-refractivity contribution is 5.28. The van der Waals surface area contributed by atoms with Gasteiger partial charge in [0.1, 0.15) is 0 Å². The van der Waals surface area contributed by atoms with E-state index in [0.717, 1.165) is 31.0 Å². The Bertz CT molecular complexity index is 424. The zero-order chi connectivity index (χ0) is 14.6. The van der Waals surface area contributed by atoms with Gasteiger partial charge in [0.2, 0.25) is 0 Å². The van der Waals surface area contributed by atoms with Crippen molar-refractivity contribution in [2.75, 3.05) is 6.54 Å². The number of benzene rings is 1. The fourth-order valence-electron chi connectivity index (χ4n) is 2.65. The van der Waals surface area contributed by atoms with Crippen LogP contribution < -0.4 is 5.32 Å². The molecule has 20 heavy (non-hydrogen) atoms. The lowest BCUT2D eigenvalue weighted by Gasteiger charge is -2.30. The molecule has 1 saturated carbocycles. The van der Waals surface area contributed by atoms with Crippen LogP contribution in [0.15, 0.2) is 24.3 Å². The maximum absolute atomic E-state index is 12.8. The summed E-state index contributed by atoms with van der Waals surface area (Å²) < 4.78 is 38.4. The molecule has 2 rings (SSSR count). The van der Waals surface area contributed by atoms with Crippen molar-refractivity contribution in [1.29, 1.82) is 0 Å². The Morgan fingerprint density at radius 2 is 2.05 bits per heavy atom. The second-order valence-corrected chi connectivity index (χ2v) is 5.66. The van der Waals surface area contributed by atoms with Crippen LogP contribution in [0.25, 0.3) is 0 Å². The summed E-state index contributed by atoms with van der Waals surface area (Å²) in [5.74, 6) is 0.666. The van der Waals surface area contributed by atoms with Gasteiger partial charge in [0, 0.05) is 6.04 Å². The summed E-state index contributed by atoms with van der Waals surface area (Å²) >= 11 is 0. The third-order valence-corrected chi connectivity index (χ3v) is 4.05. The average Bonchev–Trinajstić information content (AvgIpc) is 2.36. The van der Waals surface area contributed by atoms with Crippen molar-refractivity contribution in [3.05, 3.63) is 35.4 Å². The number of hydrogen-bond acceptors (Lipinski definition) is 1. The standard InChI is InChI=1S/C16H22F3N/c1-2-9-20-15(10-12-5-3-6-12)13-7-4-8-14(11-13)16(17,18)19/h4,7-8,11-12,15,20H,2-3,5-6,9-10H2,1H3. The second kappa shape index (κ2) is 6.61. The van der Waals surface area contributed by atoms with E-state index in [1.165, 1.54) is 31.4 Å². The molecule has 0 heterocycles. The Labute approximate surface area is 118 Å². The van der Waals surface area contributed by atoms with Gasteiger partial charge in [0.15, 0.2) is 0 Å². The zero-order valence-electron chi connectivity index (χ0n) is 11.8. The Kier molecular flexibility index (Phi) is 5.08. The highest BCUT2D eigenvalue weighted by Gasteiger charge is 2.31. The zero-order valence-corrected chi connectivity index (χ0v) is 11.8. The monoisotopic (exact) mass is 285 g/mol. The maximum atomic E-state index is 12.8. The fraction of sp³-hybridized carbons (Fsp3) is 0.625. The Morgan fingerprint density at radius 3 is 2.60 bits per heavy atom. The molecule has 0 amide bonds. The summed E-state index contributed by atoms with van der Waals surface area (Å²) in [5, 5.41) is 3.40. The molecule has 1 nitrogen and oxygen atoms in total. The smallest absolute Gasteiger partial charge is 0.310 e. The summed E-state index contributed by atoms with van der Waals surface area (Å²) in [5.41, 5.74) is 0.215. The molecule has 0 radical (unpaired) electrons. The van der Waals surface area contributed by atoms with Gasteiger partial charge in [-0.05, 0) is 43.0 Å². The molecule has 1 fully saturated rings. The SMILES string of the molecule is CCCNC(CC1CCC1)c1cccc(C(F)(F)F)c1. The summed E-state index contributed by atoms with van der Waals surface area (Å²) in [6.07, 6.45) is 1.35. The van der Waals surface area contributed by atoms with E-state index < -0.39 is 11.7 Å². The van der Waals surface area contributed by atoms with E-state index in [1.807, 2.05) is 0 Å². The third-order valence-electron chi connectivity index (χ3n) is 4.05. The van der Waals surface area contributed by atoms with Gasteiger partial charge >= 0.3 is 6.18 Å². The summed E-state index contributed by atoms with van der Waals surface area (Å²) in [6.45, 7) is 2.91. The van der Waals surface area contributed by atoms with Gasteiger partial charge in [-0.25, -0.2) is 0 Å². The minimum Gasteiger partial charge on any atom is -0.310 e. The molecule has 1 aliphatic rings. The van der Waals surface area contributed by atoms with Gasteiger partial charge < -0.3 is 5.32 Å². The van der Waals surface area contributed by atoms with Gasteiger partial charge in [-0.2, -0.15) is 13.2 Å². The highest BCUT2D eigenvalue weighted by Crippen LogP contribution is 2.36. The predicted molar refractivity (Wildman–Crippen MR) is 74.4 cm³/mol. The Balaban J connectivity index is 2.13. The molecule has 0 spiro atoms. The minimum absolute atomic E-state index is 0.0440. The van der Waals surface area contributed by atoms with Crippen molar-refractivity contribution in [2.45, 2.75) is 51.2 Å². The lowest BCUT2D eigenvalue weighted by molar-refractivity contribution is -0.137. The first-order valence-electron chi connectivity index (χ1n) is 7.41. The maximum Gasteiger partial charge on any atom is 0.416 e. The topological polar surface area (TPSA) is 12.0 Å². The van der Waals surface area contributed by atoms with E-state index in [4.69, 9.17) is 0 Å². The second-order valence-electron chi connectivity index (χ2n) is 5.66.